The number of rotatable bonds is 6. The van der Waals surface area contributed by atoms with E-state index in [0.29, 0.717) is 6.54 Å². The van der Waals surface area contributed by atoms with Crippen molar-refractivity contribution in [2.24, 2.45) is 5.73 Å². The van der Waals surface area contributed by atoms with Crippen LogP contribution >= 0.6 is 0 Å². The number of nitrogens with one attached hydrogen (secondary N) is 2. The molecular weight excluding hydrogens is 238 g/mol. The number of hydrogen-bond acceptors (Lipinski definition) is 5. The minimum absolute atomic E-state index is 0.673. The Morgan fingerprint density at radius 2 is 1.95 bits per heavy atom. The second-order valence-electron chi connectivity index (χ2n) is 4.30. The molecule has 100 valence electrons. The van der Waals surface area contributed by atoms with Crippen molar-refractivity contribution < 1.29 is 0 Å². The Morgan fingerprint density at radius 3 is 2.74 bits per heavy atom. The molecule has 0 saturated heterocycles. The van der Waals surface area contributed by atoms with Gasteiger partial charge in [0.25, 0.3) is 0 Å². The molecule has 1 aromatic heterocycles. The molecule has 0 fully saturated rings. The number of anilines is 3. The molecule has 0 aliphatic rings. The Morgan fingerprint density at radius 1 is 1.16 bits per heavy atom. The molecule has 0 aliphatic carbocycles. The maximum Gasteiger partial charge on any atom is 0.135 e. The second kappa shape index (κ2) is 6.70. The van der Waals surface area contributed by atoms with E-state index in [0.717, 1.165) is 30.3 Å². The van der Waals surface area contributed by atoms with Gasteiger partial charge in [0.15, 0.2) is 0 Å². The van der Waals surface area contributed by atoms with Crippen LogP contribution in [0.15, 0.2) is 36.7 Å². The second-order valence-corrected chi connectivity index (χ2v) is 4.30. The van der Waals surface area contributed by atoms with E-state index in [1.54, 1.807) is 6.33 Å². The maximum atomic E-state index is 5.46. The summed E-state index contributed by atoms with van der Waals surface area (Å²) in [6, 6.07) is 9.99. The Kier molecular flexibility index (Phi) is 4.69. The molecule has 0 saturated carbocycles. The first-order chi connectivity index (χ1) is 9.29. The maximum absolute atomic E-state index is 5.46. The van der Waals surface area contributed by atoms with Gasteiger partial charge in [-0.2, -0.15) is 0 Å². The largest absolute Gasteiger partial charge is 0.370 e. The van der Waals surface area contributed by atoms with Crippen molar-refractivity contribution in [3.8, 4) is 0 Å². The quantitative estimate of drug-likeness (QED) is 0.692. The van der Waals surface area contributed by atoms with Crippen molar-refractivity contribution in [3.05, 3.63) is 42.2 Å². The Hall–Kier alpha value is -2.14. The summed E-state index contributed by atoms with van der Waals surface area (Å²) in [4.78, 5) is 8.39. The average Bonchev–Trinajstić information content (AvgIpc) is 2.42. The zero-order valence-electron chi connectivity index (χ0n) is 11.1. The highest BCUT2D eigenvalue weighted by atomic mass is 15.1. The third-order valence-corrected chi connectivity index (χ3v) is 2.76. The molecule has 5 nitrogen and oxygen atoms in total. The summed E-state index contributed by atoms with van der Waals surface area (Å²) in [5.41, 5.74) is 7.69. The monoisotopic (exact) mass is 257 g/mol. The van der Waals surface area contributed by atoms with Crippen LogP contribution in [0.2, 0.25) is 0 Å². The van der Waals surface area contributed by atoms with E-state index in [-0.39, 0.29) is 0 Å². The van der Waals surface area contributed by atoms with E-state index >= 15 is 0 Å². The number of nitrogens with zero attached hydrogens (tertiary/aromatic N) is 2. The van der Waals surface area contributed by atoms with E-state index in [2.05, 4.69) is 33.6 Å². The highest BCUT2D eigenvalue weighted by Crippen LogP contribution is 2.19. The molecule has 0 atom stereocenters. The first kappa shape index (κ1) is 13.3. The Balaban J connectivity index is 2.05. The summed E-state index contributed by atoms with van der Waals surface area (Å²) < 4.78 is 0. The smallest absolute Gasteiger partial charge is 0.135 e. The fraction of sp³-hybridized carbons (Fsp3) is 0.286. The van der Waals surface area contributed by atoms with Gasteiger partial charge in [-0.25, -0.2) is 9.97 Å². The molecule has 0 radical (unpaired) electrons. The van der Waals surface area contributed by atoms with Crippen LogP contribution in [0.3, 0.4) is 0 Å². The molecule has 0 spiro atoms. The number of aryl methyl sites for hydroxylation is 1. The first-order valence-electron chi connectivity index (χ1n) is 6.38. The van der Waals surface area contributed by atoms with Crippen LogP contribution in [0.25, 0.3) is 0 Å². The lowest BCUT2D eigenvalue weighted by Crippen LogP contribution is -2.09. The van der Waals surface area contributed by atoms with Crippen molar-refractivity contribution in [2.75, 3.05) is 23.7 Å². The number of benzene rings is 1. The third kappa shape index (κ3) is 3.93. The number of nitrogens with two attached hydrogens (primary N) is 1. The zero-order chi connectivity index (χ0) is 13.5. The number of hydrogen-bond donors (Lipinski definition) is 3. The fourth-order valence-corrected chi connectivity index (χ4v) is 1.69. The van der Waals surface area contributed by atoms with E-state index in [9.17, 15) is 0 Å². The molecule has 19 heavy (non-hydrogen) atoms. The van der Waals surface area contributed by atoms with E-state index in [1.807, 2.05) is 24.3 Å². The van der Waals surface area contributed by atoms with E-state index in [1.165, 1.54) is 5.56 Å². The topological polar surface area (TPSA) is 75.9 Å². The summed E-state index contributed by atoms with van der Waals surface area (Å²) in [7, 11) is 0. The van der Waals surface area contributed by atoms with Crippen LogP contribution in [0.4, 0.5) is 17.3 Å². The average molecular weight is 257 g/mol. The SMILES string of the molecule is Cc1ccccc1Nc1cc(NCCCN)ncn1. The molecule has 2 aromatic rings. The van der Waals surface area contributed by atoms with Gasteiger partial charge >= 0.3 is 0 Å². The Labute approximate surface area is 113 Å². The van der Waals surface area contributed by atoms with Crippen LogP contribution in [0.1, 0.15) is 12.0 Å². The van der Waals surface area contributed by atoms with Crippen molar-refractivity contribution in [3.63, 3.8) is 0 Å². The van der Waals surface area contributed by atoms with Gasteiger partial charge in [0.05, 0.1) is 0 Å². The molecule has 4 N–H and O–H groups in total. The van der Waals surface area contributed by atoms with Crippen LogP contribution < -0.4 is 16.4 Å². The highest BCUT2D eigenvalue weighted by Gasteiger charge is 2.01. The molecular formula is C14H19N5. The summed E-state index contributed by atoms with van der Waals surface area (Å²) >= 11 is 0. The molecule has 0 bridgehead atoms. The van der Waals surface area contributed by atoms with Gasteiger partial charge in [-0.15, -0.1) is 0 Å². The van der Waals surface area contributed by atoms with Gasteiger partial charge in [0.1, 0.15) is 18.0 Å². The molecule has 1 heterocycles. The van der Waals surface area contributed by atoms with Crippen molar-refractivity contribution in [2.45, 2.75) is 13.3 Å². The van der Waals surface area contributed by atoms with Crippen LogP contribution in [0, 0.1) is 6.92 Å². The summed E-state index contributed by atoms with van der Waals surface area (Å²) in [6.45, 7) is 3.55. The van der Waals surface area contributed by atoms with Gasteiger partial charge < -0.3 is 16.4 Å². The summed E-state index contributed by atoms with van der Waals surface area (Å²) in [6.07, 6.45) is 2.47. The molecule has 0 unspecified atom stereocenters. The van der Waals surface area contributed by atoms with Gasteiger partial charge in [-0.05, 0) is 31.5 Å². The lowest BCUT2D eigenvalue weighted by molar-refractivity contribution is 0.869. The van der Waals surface area contributed by atoms with Crippen molar-refractivity contribution in [1.82, 2.24) is 9.97 Å². The lowest BCUT2D eigenvalue weighted by Gasteiger charge is -2.10. The van der Waals surface area contributed by atoms with Crippen molar-refractivity contribution >= 4 is 17.3 Å². The van der Waals surface area contributed by atoms with Crippen LogP contribution in [-0.2, 0) is 0 Å². The van der Waals surface area contributed by atoms with Gasteiger partial charge in [-0.3, -0.25) is 0 Å². The summed E-state index contributed by atoms with van der Waals surface area (Å²) in [5.74, 6) is 1.58. The zero-order valence-corrected chi connectivity index (χ0v) is 11.1. The molecule has 0 amide bonds. The standard InChI is InChI=1S/C14H19N5/c1-11-5-2-3-6-12(11)19-14-9-13(17-10-18-14)16-8-4-7-15/h2-3,5-6,9-10H,4,7-8,15H2,1H3,(H2,16,17,18,19). The third-order valence-electron chi connectivity index (χ3n) is 2.76. The molecule has 5 heteroatoms. The lowest BCUT2D eigenvalue weighted by atomic mass is 10.2. The predicted octanol–water partition coefficient (Wildman–Crippen LogP) is 2.29. The van der Waals surface area contributed by atoms with E-state index in [4.69, 9.17) is 5.73 Å². The van der Waals surface area contributed by atoms with Crippen molar-refractivity contribution in [1.29, 1.82) is 0 Å². The van der Waals surface area contributed by atoms with Gasteiger partial charge in [0, 0.05) is 18.3 Å². The predicted molar refractivity (Wildman–Crippen MR) is 78.7 cm³/mol. The normalized spacial score (nSPS) is 10.2. The van der Waals surface area contributed by atoms with Crippen LogP contribution in [0.5, 0.6) is 0 Å². The minimum Gasteiger partial charge on any atom is -0.370 e. The molecule has 0 aliphatic heterocycles. The molecule has 2 rings (SSSR count). The number of aromatic nitrogens is 2. The van der Waals surface area contributed by atoms with E-state index < -0.39 is 0 Å². The van der Waals surface area contributed by atoms with Crippen LogP contribution in [-0.4, -0.2) is 23.1 Å². The molecule has 1 aromatic carbocycles. The minimum atomic E-state index is 0.673. The first-order valence-corrected chi connectivity index (χ1v) is 6.38. The fourth-order valence-electron chi connectivity index (χ4n) is 1.69. The van der Waals surface area contributed by atoms with Gasteiger partial charge in [0.2, 0.25) is 0 Å². The van der Waals surface area contributed by atoms with Gasteiger partial charge in [-0.1, -0.05) is 18.2 Å². The highest BCUT2D eigenvalue weighted by molar-refractivity contribution is 5.61. The summed E-state index contributed by atoms with van der Waals surface area (Å²) in [5, 5.41) is 6.50. The Bertz CT molecular complexity index is 527. The number of para-hydroxylation sites is 1.